The van der Waals surface area contributed by atoms with E-state index in [1.165, 1.54) is 0 Å². The third-order valence-electron chi connectivity index (χ3n) is 4.80. The van der Waals surface area contributed by atoms with Crippen molar-refractivity contribution < 1.29 is 19.5 Å². The second-order valence-corrected chi connectivity index (χ2v) is 6.91. The first kappa shape index (κ1) is 19.6. The average molecular weight is 380 g/mol. The molecule has 1 aliphatic heterocycles. The summed E-state index contributed by atoms with van der Waals surface area (Å²) in [7, 11) is 0. The van der Waals surface area contributed by atoms with Crippen LogP contribution in [0.5, 0.6) is 0 Å². The number of rotatable bonds is 8. The topological polar surface area (TPSA) is 77.9 Å². The number of benzene rings is 2. The van der Waals surface area contributed by atoms with E-state index in [2.05, 4.69) is 0 Å². The van der Waals surface area contributed by atoms with Crippen LogP contribution in [0.3, 0.4) is 0 Å². The van der Waals surface area contributed by atoms with Crippen molar-refractivity contribution in [3.8, 4) is 0 Å². The molecule has 1 aliphatic rings. The molecule has 28 heavy (non-hydrogen) atoms. The molecule has 2 aromatic rings. The normalized spacial score (nSPS) is 13.6. The Morgan fingerprint density at radius 3 is 2.54 bits per heavy atom. The third-order valence-corrected chi connectivity index (χ3v) is 4.80. The lowest BCUT2D eigenvalue weighted by Gasteiger charge is -2.24. The fourth-order valence-corrected chi connectivity index (χ4v) is 3.39. The van der Waals surface area contributed by atoms with Crippen molar-refractivity contribution in [2.24, 2.45) is 0 Å². The van der Waals surface area contributed by atoms with Gasteiger partial charge in [-0.3, -0.25) is 14.4 Å². The molecule has 0 atom stereocenters. The summed E-state index contributed by atoms with van der Waals surface area (Å²) in [5.41, 5.74) is 2.22. The molecule has 1 fully saturated rings. The zero-order chi connectivity index (χ0) is 19.9. The highest BCUT2D eigenvalue weighted by Crippen LogP contribution is 2.23. The van der Waals surface area contributed by atoms with E-state index in [4.69, 9.17) is 5.11 Å². The molecule has 0 aromatic heterocycles. The van der Waals surface area contributed by atoms with Gasteiger partial charge >= 0.3 is 5.97 Å². The maximum atomic E-state index is 13.1. The van der Waals surface area contributed by atoms with E-state index >= 15 is 0 Å². The van der Waals surface area contributed by atoms with Crippen LogP contribution in [0, 0.1) is 0 Å². The molecule has 6 nitrogen and oxygen atoms in total. The van der Waals surface area contributed by atoms with E-state index in [1.807, 2.05) is 36.4 Å². The average Bonchev–Trinajstić information content (AvgIpc) is 3.13. The van der Waals surface area contributed by atoms with Gasteiger partial charge in [-0.05, 0) is 36.6 Å². The molecule has 2 amide bonds. The van der Waals surface area contributed by atoms with Crippen molar-refractivity contribution in [1.29, 1.82) is 0 Å². The Morgan fingerprint density at radius 2 is 1.86 bits per heavy atom. The fraction of sp³-hybridized carbons (Fsp3) is 0.318. The molecule has 0 unspecified atom stereocenters. The standard InChI is InChI=1S/C22H24N2O4/c25-20-11-5-14-24(20)19-10-4-9-18(15-19)22(28)23(13-6-12-21(26)27)16-17-7-2-1-3-8-17/h1-4,7-10,15H,5-6,11-14,16H2,(H,26,27). The van der Waals surface area contributed by atoms with E-state index in [0.29, 0.717) is 38.0 Å². The highest BCUT2D eigenvalue weighted by molar-refractivity contribution is 5.99. The monoisotopic (exact) mass is 380 g/mol. The first-order valence-corrected chi connectivity index (χ1v) is 9.50. The van der Waals surface area contributed by atoms with Gasteiger partial charge < -0.3 is 14.9 Å². The van der Waals surface area contributed by atoms with Gasteiger partial charge in [-0.25, -0.2) is 0 Å². The van der Waals surface area contributed by atoms with E-state index in [-0.39, 0.29) is 18.2 Å². The highest BCUT2D eigenvalue weighted by atomic mass is 16.4. The molecular formula is C22H24N2O4. The molecule has 1 saturated heterocycles. The maximum Gasteiger partial charge on any atom is 0.303 e. The van der Waals surface area contributed by atoms with Crippen molar-refractivity contribution in [3.05, 3.63) is 65.7 Å². The Bertz CT molecular complexity index is 851. The molecule has 0 bridgehead atoms. The fourth-order valence-electron chi connectivity index (χ4n) is 3.39. The Labute approximate surface area is 164 Å². The van der Waals surface area contributed by atoms with Gasteiger partial charge in [-0.15, -0.1) is 0 Å². The molecule has 1 N–H and O–H groups in total. The van der Waals surface area contributed by atoms with Gasteiger partial charge in [0.1, 0.15) is 0 Å². The number of anilines is 1. The lowest BCUT2D eigenvalue weighted by molar-refractivity contribution is -0.137. The van der Waals surface area contributed by atoms with E-state index in [9.17, 15) is 14.4 Å². The summed E-state index contributed by atoms with van der Waals surface area (Å²) in [6.45, 7) is 1.43. The zero-order valence-corrected chi connectivity index (χ0v) is 15.7. The molecule has 6 heteroatoms. The molecule has 0 radical (unpaired) electrons. The van der Waals surface area contributed by atoms with Crippen LogP contribution < -0.4 is 4.90 Å². The van der Waals surface area contributed by atoms with Gasteiger partial charge in [0.25, 0.3) is 5.91 Å². The van der Waals surface area contributed by atoms with E-state index < -0.39 is 5.97 Å². The summed E-state index contributed by atoms with van der Waals surface area (Å²) >= 11 is 0. The molecule has 146 valence electrons. The number of carboxylic acid groups (broad SMARTS) is 1. The Kier molecular flexibility index (Phi) is 6.42. The van der Waals surface area contributed by atoms with Crippen molar-refractivity contribution in [2.75, 3.05) is 18.0 Å². The summed E-state index contributed by atoms with van der Waals surface area (Å²) in [6, 6.07) is 16.7. The van der Waals surface area contributed by atoms with Gasteiger partial charge in [0.2, 0.25) is 5.91 Å². The lowest BCUT2D eigenvalue weighted by Crippen LogP contribution is -2.32. The van der Waals surface area contributed by atoms with Crippen LogP contribution in [0.15, 0.2) is 54.6 Å². The van der Waals surface area contributed by atoms with Crippen LogP contribution in [-0.2, 0) is 16.1 Å². The molecule has 2 aromatic carbocycles. The predicted molar refractivity (Wildman–Crippen MR) is 106 cm³/mol. The number of hydrogen-bond donors (Lipinski definition) is 1. The Hall–Kier alpha value is -3.15. The Morgan fingerprint density at radius 1 is 1.07 bits per heavy atom. The first-order valence-electron chi connectivity index (χ1n) is 9.50. The van der Waals surface area contributed by atoms with Gasteiger partial charge in [-0.1, -0.05) is 36.4 Å². The summed E-state index contributed by atoms with van der Waals surface area (Å²) in [4.78, 5) is 39.4. The molecule has 1 heterocycles. The molecule has 0 saturated carbocycles. The number of carbonyl (C=O) groups is 3. The molecular weight excluding hydrogens is 356 g/mol. The van der Waals surface area contributed by atoms with Crippen LogP contribution in [0.4, 0.5) is 5.69 Å². The summed E-state index contributed by atoms with van der Waals surface area (Å²) in [5, 5.41) is 8.91. The second-order valence-electron chi connectivity index (χ2n) is 6.91. The van der Waals surface area contributed by atoms with Crippen LogP contribution >= 0.6 is 0 Å². The number of carbonyl (C=O) groups excluding carboxylic acids is 2. The first-order chi connectivity index (χ1) is 13.5. The minimum Gasteiger partial charge on any atom is -0.481 e. The predicted octanol–water partition coefficient (Wildman–Crippen LogP) is 3.32. The van der Waals surface area contributed by atoms with Crippen molar-refractivity contribution in [1.82, 2.24) is 4.90 Å². The summed E-state index contributed by atoms with van der Waals surface area (Å²) in [5.74, 6) is -0.961. The summed E-state index contributed by atoms with van der Waals surface area (Å²) < 4.78 is 0. The summed E-state index contributed by atoms with van der Waals surface area (Å²) in [6.07, 6.45) is 1.76. The van der Waals surface area contributed by atoms with Gasteiger partial charge in [-0.2, -0.15) is 0 Å². The number of carboxylic acids is 1. The van der Waals surface area contributed by atoms with E-state index in [0.717, 1.165) is 17.7 Å². The minimum absolute atomic E-state index is 0.0148. The van der Waals surface area contributed by atoms with Crippen molar-refractivity contribution >= 4 is 23.5 Å². The quantitative estimate of drug-likeness (QED) is 0.762. The van der Waals surface area contributed by atoms with Gasteiger partial charge in [0.05, 0.1) is 0 Å². The van der Waals surface area contributed by atoms with Crippen molar-refractivity contribution in [3.63, 3.8) is 0 Å². The number of amides is 2. The molecule has 3 rings (SSSR count). The minimum atomic E-state index is -0.873. The lowest BCUT2D eigenvalue weighted by atomic mass is 10.1. The number of nitrogens with zero attached hydrogens (tertiary/aromatic N) is 2. The van der Waals surface area contributed by atoms with Gasteiger partial charge in [0, 0.05) is 43.7 Å². The zero-order valence-electron chi connectivity index (χ0n) is 15.7. The number of aliphatic carboxylic acids is 1. The van der Waals surface area contributed by atoms with Crippen molar-refractivity contribution in [2.45, 2.75) is 32.2 Å². The maximum absolute atomic E-state index is 13.1. The SMILES string of the molecule is O=C(O)CCCN(Cc1ccccc1)C(=O)c1cccc(N2CCCC2=O)c1. The van der Waals surface area contributed by atoms with Crippen LogP contribution in [0.2, 0.25) is 0 Å². The van der Waals surface area contributed by atoms with Crippen LogP contribution in [0.25, 0.3) is 0 Å². The molecule has 0 spiro atoms. The van der Waals surface area contributed by atoms with Crippen LogP contribution in [0.1, 0.15) is 41.6 Å². The van der Waals surface area contributed by atoms with Crippen LogP contribution in [-0.4, -0.2) is 40.9 Å². The highest BCUT2D eigenvalue weighted by Gasteiger charge is 2.23. The number of hydrogen-bond acceptors (Lipinski definition) is 3. The van der Waals surface area contributed by atoms with E-state index in [1.54, 1.807) is 28.0 Å². The second kappa shape index (κ2) is 9.17. The smallest absolute Gasteiger partial charge is 0.303 e. The molecule has 0 aliphatic carbocycles. The third kappa shape index (κ3) is 4.97. The van der Waals surface area contributed by atoms with Gasteiger partial charge in [0.15, 0.2) is 0 Å². The largest absolute Gasteiger partial charge is 0.481 e. The Balaban J connectivity index is 1.79.